The smallest absolute Gasteiger partial charge is 0.221 e. The van der Waals surface area contributed by atoms with Crippen LogP contribution < -0.4 is 15.4 Å². The van der Waals surface area contributed by atoms with Gasteiger partial charge in [0.2, 0.25) is 5.91 Å². The minimum atomic E-state index is -0.108. The van der Waals surface area contributed by atoms with Gasteiger partial charge >= 0.3 is 0 Å². The number of hydrogen-bond donors (Lipinski definition) is 2. The number of methoxy groups -OCH3 is 1. The number of ether oxygens (including phenoxy) is 1. The number of benzene rings is 1. The number of thiophene rings is 1. The number of nitrogens with one attached hydrogen (secondary N) is 2. The summed E-state index contributed by atoms with van der Waals surface area (Å²) in [6, 6.07) is 8.55. The molecule has 4 nitrogen and oxygen atoms in total. The number of rotatable bonds is 6. The highest BCUT2D eigenvalue weighted by Gasteiger charge is 2.16. The van der Waals surface area contributed by atoms with E-state index in [9.17, 15) is 4.79 Å². The molecule has 0 saturated heterocycles. The molecule has 1 heterocycles. The van der Waals surface area contributed by atoms with E-state index in [-0.39, 0.29) is 18.0 Å². The fourth-order valence-corrected chi connectivity index (χ4v) is 3.95. The second-order valence-electron chi connectivity index (χ2n) is 6.12. The van der Waals surface area contributed by atoms with Crippen LogP contribution in [0.1, 0.15) is 53.7 Å². The lowest BCUT2D eigenvalue weighted by Crippen LogP contribution is -2.22. The monoisotopic (exact) mass is 346 g/mol. The highest BCUT2D eigenvalue weighted by molar-refractivity contribution is 7.12. The molecular weight excluding hydrogens is 320 g/mol. The maximum Gasteiger partial charge on any atom is 0.221 e. The van der Waals surface area contributed by atoms with Crippen molar-refractivity contribution in [2.45, 2.75) is 46.7 Å². The Morgan fingerprint density at radius 3 is 2.42 bits per heavy atom. The molecule has 0 bridgehead atoms. The van der Waals surface area contributed by atoms with Gasteiger partial charge in [0, 0.05) is 28.8 Å². The van der Waals surface area contributed by atoms with Gasteiger partial charge in [-0.1, -0.05) is 6.07 Å². The average Bonchev–Trinajstić information content (AvgIpc) is 2.85. The Kier molecular flexibility index (Phi) is 6.02. The summed E-state index contributed by atoms with van der Waals surface area (Å²) >= 11 is 1.83. The van der Waals surface area contributed by atoms with Crippen LogP contribution in [-0.4, -0.2) is 13.0 Å². The van der Waals surface area contributed by atoms with E-state index in [1.54, 1.807) is 7.11 Å². The van der Waals surface area contributed by atoms with Crippen LogP contribution in [-0.2, 0) is 4.79 Å². The van der Waals surface area contributed by atoms with E-state index in [1.807, 2.05) is 29.5 Å². The molecule has 0 aliphatic carbocycles. The fourth-order valence-electron chi connectivity index (χ4n) is 2.92. The Morgan fingerprint density at radius 1 is 1.17 bits per heavy atom. The maximum absolute atomic E-state index is 11.4. The van der Waals surface area contributed by atoms with Gasteiger partial charge < -0.3 is 15.4 Å². The second-order valence-corrected chi connectivity index (χ2v) is 7.58. The maximum atomic E-state index is 11.4. The molecule has 2 aromatic rings. The Balaban J connectivity index is 2.18. The molecule has 0 radical (unpaired) electrons. The fraction of sp³-hybridized carbons (Fsp3) is 0.421. The molecule has 0 saturated carbocycles. The molecule has 1 aromatic heterocycles. The lowest BCUT2D eigenvalue weighted by atomic mass is 10.0. The summed E-state index contributed by atoms with van der Waals surface area (Å²) in [6.07, 6.45) is 0. The van der Waals surface area contributed by atoms with E-state index in [0.29, 0.717) is 11.4 Å². The summed E-state index contributed by atoms with van der Waals surface area (Å²) in [6.45, 7) is 10.1. The summed E-state index contributed by atoms with van der Waals surface area (Å²) in [5.41, 5.74) is 3.15. The van der Waals surface area contributed by atoms with Crippen LogP contribution in [0, 0.1) is 13.8 Å². The number of carbonyl (C=O) groups is 1. The molecular formula is C19H26N2O2S. The van der Waals surface area contributed by atoms with Crippen molar-refractivity contribution >= 4 is 22.9 Å². The molecule has 2 atom stereocenters. The third-order valence-electron chi connectivity index (χ3n) is 4.08. The predicted octanol–water partition coefficient (Wildman–Crippen LogP) is 4.74. The number of carbonyl (C=O) groups excluding carboxylic acids is 1. The number of aryl methyl sites for hydroxylation is 2. The van der Waals surface area contributed by atoms with Gasteiger partial charge in [-0.2, -0.15) is 0 Å². The van der Waals surface area contributed by atoms with Crippen LogP contribution in [0.3, 0.4) is 0 Å². The van der Waals surface area contributed by atoms with E-state index in [4.69, 9.17) is 4.74 Å². The van der Waals surface area contributed by atoms with Crippen LogP contribution in [0.25, 0.3) is 0 Å². The van der Waals surface area contributed by atoms with E-state index in [0.717, 1.165) is 5.56 Å². The van der Waals surface area contributed by atoms with E-state index in [1.165, 1.54) is 22.2 Å². The van der Waals surface area contributed by atoms with Crippen LogP contribution in [0.4, 0.5) is 5.69 Å². The number of amides is 1. The zero-order valence-corrected chi connectivity index (χ0v) is 16.0. The van der Waals surface area contributed by atoms with Crippen molar-refractivity contribution in [1.29, 1.82) is 0 Å². The average molecular weight is 346 g/mol. The van der Waals surface area contributed by atoms with Crippen LogP contribution in [0.15, 0.2) is 24.3 Å². The minimum absolute atomic E-state index is 0.108. The topological polar surface area (TPSA) is 50.4 Å². The Labute approximate surface area is 148 Å². The lowest BCUT2D eigenvalue weighted by molar-refractivity contribution is -0.114. The summed E-state index contributed by atoms with van der Waals surface area (Å²) in [7, 11) is 1.60. The zero-order valence-electron chi connectivity index (χ0n) is 15.2. The minimum Gasteiger partial charge on any atom is -0.495 e. The molecule has 2 N–H and O–H groups in total. The first-order valence-electron chi connectivity index (χ1n) is 8.10. The van der Waals surface area contributed by atoms with Gasteiger partial charge in [0.25, 0.3) is 0 Å². The third kappa shape index (κ3) is 4.36. The van der Waals surface area contributed by atoms with Crippen molar-refractivity contribution in [3.05, 3.63) is 45.1 Å². The van der Waals surface area contributed by atoms with Crippen LogP contribution in [0.2, 0.25) is 0 Å². The quantitative estimate of drug-likeness (QED) is 0.794. The highest BCUT2D eigenvalue weighted by atomic mass is 32.1. The van der Waals surface area contributed by atoms with Crippen molar-refractivity contribution in [3.8, 4) is 5.75 Å². The SMILES string of the molecule is COc1ccc([C@@H](C)N[C@H](C)c2cc(C)sc2C)cc1NC(C)=O. The van der Waals surface area contributed by atoms with Crippen molar-refractivity contribution in [3.63, 3.8) is 0 Å². The van der Waals surface area contributed by atoms with Crippen LogP contribution >= 0.6 is 11.3 Å². The molecule has 130 valence electrons. The Bertz CT molecular complexity index is 724. The second kappa shape index (κ2) is 7.81. The van der Waals surface area contributed by atoms with Gasteiger partial charge in [0.15, 0.2) is 0 Å². The molecule has 0 aliphatic heterocycles. The molecule has 0 spiro atoms. The van der Waals surface area contributed by atoms with Gasteiger partial charge in [0.05, 0.1) is 12.8 Å². The Morgan fingerprint density at radius 2 is 1.88 bits per heavy atom. The van der Waals surface area contributed by atoms with E-state index >= 15 is 0 Å². The molecule has 0 unspecified atom stereocenters. The summed E-state index contributed by atoms with van der Waals surface area (Å²) in [4.78, 5) is 14.1. The first-order valence-corrected chi connectivity index (χ1v) is 8.92. The number of hydrogen-bond acceptors (Lipinski definition) is 4. The van der Waals surface area contributed by atoms with Crippen molar-refractivity contribution in [2.75, 3.05) is 12.4 Å². The van der Waals surface area contributed by atoms with E-state index in [2.05, 4.69) is 44.4 Å². The van der Waals surface area contributed by atoms with Gasteiger partial charge in [-0.15, -0.1) is 11.3 Å². The Hall–Kier alpha value is -1.85. The standard InChI is InChI=1S/C19H26N2O2S/c1-11-9-17(14(4)24-11)13(3)20-12(2)16-7-8-19(23-6)18(10-16)21-15(5)22/h7-10,12-13,20H,1-6H3,(H,21,22)/t12-,13-/m1/s1. The van der Waals surface area contributed by atoms with E-state index < -0.39 is 0 Å². The van der Waals surface area contributed by atoms with Gasteiger partial charge in [-0.05, 0) is 57.0 Å². The molecule has 1 amide bonds. The molecule has 1 aromatic carbocycles. The number of anilines is 1. The molecule has 0 aliphatic rings. The first kappa shape index (κ1) is 18.5. The summed E-state index contributed by atoms with van der Waals surface area (Å²) < 4.78 is 5.32. The first-order chi connectivity index (χ1) is 11.3. The van der Waals surface area contributed by atoms with Gasteiger partial charge in [-0.25, -0.2) is 0 Å². The summed E-state index contributed by atoms with van der Waals surface area (Å²) in [5.74, 6) is 0.558. The molecule has 24 heavy (non-hydrogen) atoms. The lowest BCUT2D eigenvalue weighted by Gasteiger charge is -2.22. The van der Waals surface area contributed by atoms with Gasteiger partial charge in [-0.3, -0.25) is 4.79 Å². The molecule has 0 fully saturated rings. The zero-order chi connectivity index (χ0) is 17.9. The third-order valence-corrected chi connectivity index (χ3v) is 5.06. The van der Waals surface area contributed by atoms with Crippen LogP contribution in [0.5, 0.6) is 5.75 Å². The molecule has 2 rings (SSSR count). The normalized spacial score (nSPS) is 13.4. The van der Waals surface area contributed by atoms with Crippen molar-refractivity contribution in [1.82, 2.24) is 5.32 Å². The predicted molar refractivity (Wildman–Crippen MR) is 101 cm³/mol. The van der Waals surface area contributed by atoms with Crippen molar-refractivity contribution < 1.29 is 9.53 Å². The summed E-state index contributed by atoms with van der Waals surface area (Å²) in [5, 5.41) is 6.46. The largest absolute Gasteiger partial charge is 0.495 e. The highest BCUT2D eigenvalue weighted by Crippen LogP contribution is 2.31. The van der Waals surface area contributed by atoms with Gasteiger partial charge in [0.1, 0.15) is 5.75 Å². The van der Waals surface area contributed by atoms with Crippen molar-refractivity contribution in [2.24, 2.45) is 0 Å². The molecule has 5 heteroatoms.